The Balaban J connectivity index is 2.72. The van der Waals surface area contributed by atoms with Crippen molar-refractivity contribution >= 4 is 33.6 Å². The molecule has 0 aromatic heterocycles. The van der Waals surface area contributed by atoms with Gasteiger partial charge in [0.05, 0.1) is 4.47 Å². The molecule has 0 heterocycles. The van der Waals surface area contributed by atoms with Gasteiger partial charge in [-0.05, 0) is 53.2 Å². The first-order valence-electron chi connectivity index (χ1n) is 6.26. The fraction of sp³-hybridized carbons (Fsp3) is 0.500. The van der Waals surface area contributed by atoms with Crippen molar-refractivity contribution in [3.63, 3.8) is 0 Å². The second kappa shape index (κ2) is 7.29. The summed E-state index contributed by atoms with van der Waals surface area (Å²) in [5.74, 6) is -0.529. The third-order valence-corrected chi connectivity index (χ3v) is 5.67. The molecule has 19 heavy (non-hydrogen) atoms. The molecule has 0 fully saturated rings. The fourth-order valence-electron chi connectivity index (χ4n) is 1.84. The number of hydrogen-bond acceptors (Lipinski definition) is 2. The van der Waals surface area contributed by atoms with Gasteiger partial charge in [-0.25, -0.2) is 4.39 Å². The third-order valence-electron chi connectivity index (χ3n) is 3.47. The average Bonchev–Trinajstić information content (AvgIpc) is 2.43. The van der Waals surface area contributed by atoms with Gasteiger partial charge >= 0.3 is 0 Å². The largest absolute Gasteiger partial charge is 0.351 e. The van der Waals surface area contributed by atoms with Gasteiger partial charge < -0.3 is 5.32 Å². The van der Waals surface area contributed by atoms with Gasteiger partial charge in [-0.2, -0.15) is 11.8 Å². The molecule has 0 aliphatic carbocycles. The molecule has 1 amide bonds. The molecular weight excluding hydrogens is 329 g/mol. The van der Waals surface area contributed by atoms with Crippen molar-refractivity contribution in [1.82, 2.24) is 5.32 Å². The molecule has 0 saturated heterocycles. The van der Waals surface area contributed by atoms with E-state index in [0.717, 1.165) is 12.8 Å². The van der Waals surface area contributed by atoms with E-state index in [0.29, 0.717) is 16.6 Å². The summed E-state index contributed by atoms with van der Waals surface area (Å²) in [5, 5.41) is 2.94. The van der Waals surface area contributed by atoms with Crippen molar-refractivity contribution in [1.29, 1.82) is 0 Å². The summed E-state index contributed by atoms with van der Waals surface area (Å²) >= 11 is 4.86. The molecule has 0 bridgehead atoms. The number of nitrogens with one attached hydrogen (secondary N) is 1. The Hall–Kier alpha value is -0.550. The summed E-state index contributed by atoms with van der Waals surface area (Å²) in [6, 6.07) is 4.29. The number of hydrogen-bond donors (Lipinski definition) is 1. The maximum atomic E-state index is 13.1. The van der Waals surface area contributed by atoms with E-state index in [1.165, 1.54) is 18.2 Å². The van der Waals surface area contributed by atoms with Crippen LogP contribution in [0.25, 0.3) is 0 Å². The molecule has 0 saturated carbocycles. The zero-order chi connectivity index (χ0) is 14.5. The molecule has 106 valence electrons. The SMILES string of the molecule is CCC(CC)(CNC(=O)c1ccc(F)c(Br)c1)SC. The van der Waals surface area contributed by atoms with Crippen molar-refractivity contribution in [3.8, 4) is 0 Å². The summed E-state index contributed by atoms with van der Waals surface area (Å²) < 4.78 is 13.5. The number of carbonyl (C=O) groups is 1. The predicted molar refractivity (Wildman–Crippen MR) is 83.3 cm³/mol. The van der Waals surface area contributed by atoms with Gasteiger partial charge in [-0.1, -0.05) is 13.8 Å². The highest BCUT2D eigenvalue weighted by Gasteiger charge is 2.25. The summed E-state index contributed by atoms with van der Waals surface area (Å²) in [6.07, 6.45) is 4.06. The van der Waals surface area contributed by atoms with Gasteiger partial charge in [-0.15, -0.1) is 0 Å². The summed E-state index contributed by atoms with van der Waals surface area (Å²) in [6.45, 7) is 4.87. The summed E-state index contributed by atoms with van der Waals surface area (Å²) in [5.41, 5.74) is 0.468. The molecule has 1 aromatic rings. The van der Waals surface area contributed by atoms with Crippen molar-refractivity contribution < 1.29 is 9.18 Å². The molecule has 1 N–H and O–H groups in total. The predicted octanol–water partition coefficient (Wildman–Crippen LogP) is 4.24. The van der Waals surface area contributed by atoms with Gasteiger partial charge in [0.25, 0.3) is 5.91 Å². The lowest BCUT2D eigenvalue weighted by Crippen LogP contribution is -2.39. The maximum absolute atomic E-state index is 13.1. The summed E-state index contributed by atoms with van der Waals surface area (Å²) in [7, 11) is 0. The summed E-state index contributed by atoms with van der Waals surface area (Å²) in [4.78, 5) is 12.0. The van der Waals surface area contributed by atoms with E-state index >= 15 is 0 Å². The zero-order valence-corrected chi connectivity index (χ0v) is 13.8. The smallest absolute Gasteiger partial charge is 0.251 e. The zero-order valence-electron chi connectivity index (χ0n) is 11.4. The van der Waals surface area contributed by atoms with E-state index in [9.17, 15) is 9.18 Å². The van der Waals surface area contributed by atoms with Crippen LogP contribution < -0.4 is 5.32 Å². The van der Waals surface area contributed by atoms with Crippen LogP contribution in [0.15, 0.2) is 22.7 Å². The van der Waals surface area contributed by atoms with E-state index < -0.39 is 0 Å². The maximum Gasteiger partial charge on any atom is 0.251 e. The highest BCUT2D eigenvalue weighted by atomic mass is 79.9. The van der Waals surface area contributed by atoms with Crippen LogP contribution in [-0.4, -0.2) is 23.5 Å². The fourth-order valence-corrected chi connectivity index (χ4v) is 3.01. The molecule has 1 rings (SSSR count). The lowest BCUT2D eigenvalue weighted by Gasteiger charge is -2.29. The van der Waals surface area contributed by atoms with Gasteiger partial charge in [-0.3, -0.25) is 4.79 Å². The highest BCUT2D eigenvalue weighted by Crippen LogP contribution is 2.29. The molecular formula is C14H19BrFNOS. The molecule has 0 spiro atoms. The Morgan fingerprint density at radius 3 is 2.53 bits per heavy atom. The molecule has 0 atom stereocenters. The van der Waals surface area contributed by atoms with Crippen LogP contribution in [0, 0.1) is 5.82 Å². The van der Waals surface area contributed by atoms with Gasteiger partial charge in [0.2, 0.25) is 0 Å². The van der Waals surface area contributed by atoms with Crippen LogP contribution in [-0.2, 0) is 0 Å². The Labute approximate surface area is 126 Å². The van der Waals surface area contributed by atoms with E-state index in [2.05, 4.69) is 41.3 Å². The Morgan fingerprint density at radius 1 is 1.42 bits per heavy atom. The molecule has 5 heteroatoms. The Kier molecular flexibility index (Phi) is 6.33. The lowest BCUT2D eigenvalue weighted by molar-refractivity contribution is 0.0949. The minimum Gasteiger partial charge on any atom is -0.351 e. The number of amides is 1. The lowest BCUT2D eigenvalue weighted by atomic mass is 10.0. The van der Waals surface area contributed by atoms with E-state index in [1.54, 1.807) is 11.8 Å². The van der Waals surface area contributed by atoms with Crippen molar-refractivity contribution in [2.75, 3.05) is 12.8 Å². The normalized spacial score (nSPS) is 11.4. The van der Waals surface area contributed by atoms with Crippen molar-refractivity contribution in [3.05, 3.63) is 34.1 Å². The quantitative estimate of drug-likeness (QED) is 0.833. The van der Waals surface area contributed by atoms with Crippen LogP contribution >= 0.6 is 27.7 Å². The minimum atomic E-state index is -0.364. The first kappa shape index (κ1) is 16.5. The van der Waals surface area contributed by atoms with Crippen molar-refractivity contribution in [2.45, 2.75) is 31.4 Å². The van der Waals surface area contributed by atoms with E-state index in [-0.39, 0.29) is 16.5 Å². The number of benzene rings is 1. The molecule has 0 aliphatic rings. The average molecular weight is 348 g/mol. The molecule has 0 aliphatic heterocycles. The first-order valence-corrected chi connectivity index (χ1v) is 8.28. The van der Waals surface area contributed by atoms with Gasteiger partial charge in [0, 0.05) is 16.9 Å². The Morgan fingerprint density at radius 2 is 2.05 bits per heavy atom. The number of rotatable bonds is 6. The van der Waals surface area contributed by atoms with Gasteiger partial charge in [0.1, 0.15) is 5.82 Å². The van der Waals surface area contributed by atoms with Crippen molar-refractivity contribution in [2.24, 2.45) is 0 Å². The van der Waals surface area contributed by atoms with Crippen LogP contribution in [0.4, 0.5) is 4.39 Å². The highest BCUT2D eigenvalue weighted by molar-refractivity contribution is 9.10. The number of halogens is 2. The monoisotopic (exact) mass is 347 g/mol. The molecule has 0 radical (unpaired) electrons. The van der Waals surface area contributed by atoms with E-state index in [4.69, 9.17) is 0 Å². The second-order valence-electron chi connectivity index (χ2n) is 4.41. The number of carbonyl (C=O) groups excluding carboxylic acids is 1. The molecule has 2 nitrogen and oxygen atoms in total. The third kappa shape index (κ3) is 4.21. The van der Waals surface area contributed by atoms with Crippen LogP contribution in [0.1, 0.15) is 37.0 Å². The first-order chi connectivity index (χ1) is 8.98. The molecule has 0 unspecified atom stereocenters. The van der Waals surface area contributed by atoms with Crippen LogP contribution in [0.2, 0.25) is 0 Å². The second-order valence-corrected chi connectivity index (χ2v) is 6.53. The standard InChI is InChI=1S/C14H19BrFNOS/c1-4-14(5-2,19-3)9-17-13(18)10-6-7-12(16)11(15)8-10/h6-8H,4-5,9H2,1-3H3,(H,17,18). The van der Waals surface area contributed by atoms with E-state index in [1.807, 2.05) is 0 Å². The van der Waals surface area contributed by atoms with Gasteiger partial charge in [0.15, 0.2) is 0 Å². The minimum absolute atomic E-state index is 0.0763. The molecule has 1 aromatic carbocycles. The van der Waals surface area contributed by atoms with Crippen LogP contribution in [0.5, 0.6) is 0 Å². The number of thioether (sulfide) groups is 1. The topological polar surface area (TPSA) is 29.1 Å². The Bertz CT molecular complexity index is 441. The van der Waals surface area contributed by atoms with Crippen LogP contribution in [0.3, 0.4) is 0 Å².